The molecule has 0 bridgehead atoms. The van der Waals surface area contributed by atoms with Gasteiger partial charge < -0.3 is 24.4 Å². The second-order valence-corrected chi connectivity index (χ2v) is 6.57. The maximum atomic E-state index is 5.60. The van der Waals surface area contributed by atoms with Crippen LogP contribution in [0.5, 0.6) is 11.5 Å². The van der Waals surface area contributed by atoms with E-state index < -0.39 is 0 Å². The zero-order valence-corrected chi connectivity index (χ0v) is 17.2. The molecule has 26 heavy (non-hydrogen) atoms. The normalized spacial score (nSPS) is 11.6. The molecule has 6 heteroatoms. The Hall–Kier alpha value is -1.95. The third-order valence-corrected chi connectivity index (χ3v) is 3.83. The van der Waals surface area contributed by atoms with Crippen molar-refractivity contribution in [2.24, 2.45) is 10.9 Å². The van der Waals surface area contributed by atoms with E-state index in [9.17, 15) is 0 Å². The van der Waals surface area contributed by atoms with E-state index in [1.54, 1.807) is 14.2 Å². The first-order valence-electron chi connectivity index (χ1n) is 9.29. The summed E-state index contributed by atoms with van der Waals surface area (Å²) in [5.41, 5.74) is 1.20. The molecule has 6 nitrogen and oxygen atoms in total. The lowest BCUT2D eigenvalue weighted by molar-refractivity contribution is 0.116. The SMILES string of the molecule is CCNC(=NCCOCC(C)C)N(C)CCc1ccc(OC)c(OC)c1. The van der Waals surface area contributed by atoms with Crippen LogP contribution in [0, 0.1) is 5.92 Å². The Kier molecular flexibility index (Phi) is 10.5. The number of aliphatic imine (C=N–C) groups is 1. The fraction of sp³-hybridized carbons (Fsp3) is 0.650. The number of nitrogens with zero attached hydrogens (tertiary/aromatic N) is 2. The van der Waals surface area contributed by atoms with Gasteiger partial charge in [-0.3, -0.25) is 4.99 Å². The van der Waals surface area contributed by atoms with Gasteiger partial charge >= 0.3 is 0 Å². The van der Waals surface area contributed by atoms with Gasteiger partial charge in [-0.25, -0.2) is 0 Å². The minimum atomic E-state index is 0.552. The summed E-state index contributed by atoms with van der Waals surface area (Å²) < 4.78 is 16.3. The van der Waals surface area contributed by atoms with E-state index in [4.69, 9.17) is 14.2 Å². The van der Waals surface area contributed by atoms with E-state index >= 15 is 0 Å². The third kappa shape index (κ3) is 7.95. The van der Waals surface area contributed by atoms with Crippen molar-refractivity contribution in [1.29, 1.82) is 0 Å². The summed E-state index contributed by atoms with van der Waals surface area (Å²) in [7, 11) is 5.36. The van der Waals surface area contributed by atoms with Crippen LogP contribution in [0.25, 0.3) is 0 Å². The molecule has 1 rings (SSSR count). The van der Waals surface area contributed by atoms with Crippen LogP contribution in [0.15, 0.2) is 23.2 Å². The van der Waals surface area contributed by atoms with Gasteiger partial charge in [-0.15, -0.1) is 0 Å². The average molecular weight is 366 g/mol. The van der Waals surface area contributed by atoms with Crippen molar-refractivity contribution >= 4 is 5.96 Å². The molecule has 1 aromatic rings. The van der Waals surface area contributed by atoms with Gasteiger partial charge in [0.05, 0.1) is 27.4 Å². The topological polar surface area (TPSA) is 55.3 Å². The van der Waals surface area contributed by atoms with Gasteiger partial charge in [-0.1, -0.05) is 19.9 Å². The van der Waals surface area contributed by atoms with Crippen LogP contribution >= 0.6 is 0 Å². The monoisotopic (exact) mass is 365 g/mol. The highest BCUT2D eigenvalue weighted by Crippen LogP contribution is 2.27. The molecule has 0 aromatic heterocycles. The predicted molar refractivity (Wildman–Crippen MR) is 108 cm³/mol. The molecule has 0 spiro atoms. The molecular formula is C20H35N3O3. The highest BCUT2D eigenvalue weighted by molar-refractivity contribution is 5.79. The molecule has 0 heterocycles. The van der Waals surface area contributed by atoms with E-state index in [-0.39, 0.29) is 0 Å². The summed E-state index contributed by atoms with van der Waals surface area (Å²) in [6.45, 7) is 10.2. The predicted octanol–water partition coefficient (Wildman–Crippen LogP) is 2.82. The number of likely N-dealkylation sites (N-methyl/N-ethyl adjacent to an activating group) is 1. The van der Waals surface area contributed by atoms with Crippen molar-refractivity contribution in [3.8, 4) is 11.5 Å². The van der Waals surface area contributed by atoms with Crippen LogP contribution in [-0.2, 0) is 11.2 Å². The van der Waals surface area contributed by atoms with Crippen molar-refractivity contribution < 1.29 is 14.2 Å². The van der Waals surface area contributed by atoms with E-state index in [0.29, 0.717) is 19.1 Å². The summed E-state index contributed by atoms with van der Waals surface area (Å²) in [5, 5.41) is 3.33. The van der Waals surface area contributed by atoms with Crippen LogP contribution in [-0.4, -0.2) is 65.0 Å². The molecule has 0 atom stereocenters. The Bertz CT molecular complexity index is 547. The van der Waals surface area contributed by atoms with Crippen LogP contribution in [0.4, 0.5) is 0 Å². The van der Waals surface area contributed by atoms with Crippen molar-refractivity contribution in [3.05, 3.63) is 23.8 Å². The lowest BCUT2D eigenvalue weighted by Crippen LogP contribution is -2.40. The zero-order chi connectivity index (χ0) is 19.4. The number of rotatable bonds is 11. The van der Waals surface area contributed by atoms with Gasteiger partial charge in [-0.2, -0.15) is 0 Å². The van der Waals surface area contributed by atoms with Crippen molar-refractivity contribution in [2.75, 3.05) is 54.1 Å². The summed E-state index contributed by atoms with van der Waals surface area (Å²) in [6, 6.07) is 6.04. The van der Waals surface area contributed by atoms with E-state index in [2.05, 4.69) is 49.1 Å². The highest BCUT2D eigenvalue weighted by Gasteiger charge is 2.08. The first-order chi connectivity index (χ1) is 12.5. The molecule has 1 N–H and O–H groups in total. The fourth-order valence-corrected chi connectivity index (χ4v) is 2.44. The maximum absolute atomic E-state index is 5.60. The molecule has 0 saturated carbocycles. The molecule has 0 aliphatic carbocycles. The van der Waals surface area contributed by atoms with Crippen LogP contribution in [0.1, 0.15) is 26.3 Å². The van der Waals surface area contributed by atoms with Gasteiger partial charge in [-0.05, 0) is 37.0 Å². The van der Waals surface area contributed by atoms with Gasteiger partial charge in [0.1, 0.15) is 0 Å². The lowest BCUT2D eigenvalue weighted by Gasteiger charge is -2.22. The Morgan fingerprint density at radius 1 is 1.19 bits per heavy atom. The van der Waals surface area contributed by atoms with Gasteiger partial charge in [0.2, 0.25) is 0 Å². The summed E-state index contributed by atoms with van der Waals surface area (Å²) in [5.74, 6) is 2.97. The smallest absolute Gasteiger partial charge is 0.193 e. The number of nitrogens with one attached hydrogen (secondary N) is 1. The second kappa shape index (κ2) is 12.4. The molecule has 0 saturated heterocycles. The largest absolute Gasteiger partial charge is 0.493 e. The van der Waals surface area contributed by atoms with Crippen LogP contribution in [0.2, 0.25) is 0 Å². The number of guanidine groups is 1. The van der Waals surface area contributed by atoms with Gasteiger partial charge in [0.15, 0.2) is 17.5 Å². The van der Waals surface area contributed by atoms with Crippen molar-refractivity contribution in [3.63, 3.8) is 0 Å². The molecule has 148 valence electrons. The average Bonchev–Trinajstić information content (AvgIpc) is 2.64. The molecule has 0 aliphatic rings. The third-order valence-electron chi connectivity index (χ3n) is 3.83. The Balaban J connectivity index is 2.57. The minimum Gasteiger partial charge on any atom is -0.493 e. The number of hydrogen-bond donors (Lipinski definition) is 1. The molecule has 0 aliphatic heterocycles. The highest BCUT2D eigenvalue weighted by atomic mass is 16.5. The summed E-state index contributed by atoms with van der Waals surface area (Å²) >= 11 is 0. The van der Waals surface area contributed by atoms with E-state index in [0.717, 1.165) is 43.6 Å². The number of ether oxygens (including phenoxy) is 3. The Labute approximate surface area is 158 Å². The minimum absolute atomic E-state index is 0.552. The number of hydrogen-bond acceptors (Lipinski definition) is 4. The first-order valence-corrected chi connectivity index (χ1v) is 9.29. The summed E-state index contributed by atoms with van der Waals surface area (Å²) in [4.78, 5) is 6.79. The number of benzene rings is 1. The van der Waals surface area contributed by atoms with Crippen LogP contribution in [0.3, 0.4) is 0 Å². The summed E-state index contributed by atoms with van der Waals surface area (Å²) in [6.07, 6.45) is 0.894. The Morgan fingerprint density at radius 3 is 2.54 bits per heavy atom. The molecule has 0 unspecified atom stereocenters. The molecule has 0 radical (unpaired) electrons. The molecule has 0 amide bonds. The first kappa shape index (κ1) is 22.1. The standard InChI is InChI=1S/C20H35N3O3/c1-7-21-20(22-11-13-26-15-16(2)3)23(4)12-10-17-8-9-18(24-5)19(14-17)25-6/h8-9,14,16H,7,10-13,15H2,1-6H3,(H,21,22). The van der Waals surface area contributed by atoms with E-state index in [1.165, 1.54) is 5.56 Å². The van der Waals surface area contributed by atoms with Crippen molar-refractivity contribution in [2.45, 2.75) is 27.2 Å². The number of methoxy groups -OCH3 is 2. The Morgan fingerprint density at radius 2 is 1.92 bits per heavy atom. The fourth-order valence-electron chi connectivity index (χ4n) is 2.44. The molecule has 1 aromatic carbocycles. The van der Waals surface area contributed by atoms with Crippen molar-refractivity contribution in [1.82, 2.24) is 10.2 Å². The van der Waals surface area contributed by atoms with Crippen LogP contribution < -0.4 is 14.8 Å². The van der Waals surface area contributed by atoms with Gasteiger partial charge in [0.25, 0.3) is 0 Å². The maximum Gasteiger partial charge on any atom is 0.193 e. The molecular weight excluding hydrogens is 330 g/mol. The molecule has 0 fully saturated rings. The second-order valence-electron chi connectivity index (χ2n) is 6.57. The zero-order valence-electron chi connectivity index (χ0n) is 17.2. The van der Waals surface area contributed by atoms with Gasteiger partial charge in [0, 0.05) is 26.7 Å². The van der Waals surface area contributed by atoms with E-state index in [1.807, 2.05) is 12.1 Å². The quantitative estimate of drug-likeness (QED) is 0.371. The lowest BCUT2D eigenvalue weighted by atomic mass is 10.1.